The van der Waals surface area contributed by atoms with Crippen molar-refractivity contribution in [3.63, 3.8) is 0 Å². The maximum Gasteiger partial charge on any atom is 0.248 e. The van der Waals surface area contributed by atoms with Crippen molar-refractivity contribution in [1.82, 2.24) is 0 Å². The topological polar surface area (TPSA) is 17.0 Å². The second kappa shape index (κ2) is 8.46. The van der Waals surface area contributed by atoms with Crippen LogP contribution in [0.2, 0.25) is 26.2 Å². The van der Waals surface area contributed by atoms with Crippen LogP contribution in [-0.4, -0.2) is 16.6 Å². The molecule has 144 valence electrons. The normalized spacial score (nSPS) is 12.1. The van der Waals surface area contributed by atoms with Gasteiger partial charge >= 0.3 is 0 Å². The van der Waals surface area contributed by atoms with Crippen LogP contribution in [-0.2, 0) is 16.5 Å². The Morgan fingerprint density at radius 1 is 0.778 bits per heavy atom. The molecule has 0 bridgehead atoms. The van der Waals surface area contributed by atoms with Gasteiger partial charge in [0.15, 0.2) is 36.1 Å². The van der Waals surface area contributed by atoms with Crippen LogP contribution < -0.4 is 9.13 Å². The van der Waals surface area contributed by atoms with E-state index in [9.17, 15) is 0 Å². The molecule has 0 unspecified atom stereocenters. The van der Waals surface area contributed by atoms with Crippen LogP contribution in [0.15, 0.2) is 49.8 Å². The molecule has 5 heteroatoms. The van der Waals surface area contributed by atoms with Gasteiger partial charge in [0.2, 0.25) is 16.6 Å². The van der Waals surface area contributed by atoms with Crippen LogP contribution >= 0.6 is 0 Å². The molecule has 0 atom stereocenters. The van der Waals surface area contributed by atoms with E-state index in [1.165, 1.54) is 11.4 Å². The molecule has 27 heavy (non-hydrogen) atoms. The van der Waals surface area contributed by atoms with E-state index >= 15 is 0 Å². The minimum absolute atomic E-state index is 0.952. The van der Waals surface area contributed by atoms with Gasteiger partial charge in [-0.1, -0.05) is 25.3 Å². The Bertz CT molecular complexity index is 775. The second-order valence-corrected chi connectivity index (χ2v) is 17.0. The van der Waals surface area contributed by atoms with Crippen molar-refractivity contribution in [1.29, 1.82) is 0 Å². The number of pyridine rings is 2. The van der Waals surface area contributed by atoms with Crippen molar-refractivity contribution in [3.05, 3.63) is 72.3 Å². The molecule has 0 aliphatic rings. The van der Waals surface area contributed by atoms with Crippen molar-refractivity contribution in [2.24, 2.45) is 0 Å². The van der Waals surface area contributed by atoms with E-state index in [-0.39, 0.29) is 0 Å². The van der Waals surface area contributed by atoms with Gasteiger partial charge in [0.1, 0.15) is 0 Å². The highest BCUT2D eigenvalue weighted by atomic mass is 28.4. The molecule has 0 N–H and O–H groups in total. The second-order valence-electron chi connectivity index (χ2n) is 8.49. The summed E-state index contributed by atoms with van der Waals surface area (Å²) in [6, 6.07) is 8.53. The van der Waals surface area contributed by atoms with Crippen molar-refractivity contribution < 1.29 is 13.2 Å². The Morgan fingerprint density at radius 3 is 1.48 bits per heavy atom. The molecule has 3 nitrogen and oxygen atoms in total. The maximum atomic E-state index is 6.87. The molecular formula is C22H34N2OSi2+2. The maximum absolute atomic E-state index is 6.87. The standard InChI is InChI=1S/C22H34N2OSi2/c1-9-21-13-11-19(3)23(15-21)17-26(5,6)25-27(7,8)18-24-16-22(10-2)14-12-20(24)4/h9-16H,1-2,17-18H2,3-8H3/q+2. The summed E-state index contributed by atoms with van der Waals surface area (Å²) in [6.07, 6.45) is 10.1. The lowest BCUT2D eigenvalue weighted by Crippen LogP contribution is -2.59. The molecule has 2 rings (SSSR count). The average molecular weight is 399 g/mol. The number of aryl methyl sites for hydroxylation is 2. The van der Waals surface area contributed by atoms with E-state index in [1.54, 1.807) is 0 Å². The summed E-state index contributed by atoms with van der Waals surface area (Å²) < 4.78 is 11.5. The molecule has 0 aliphatic carbocycles. The predicted molar refractivity (Wildman–Crippen MR) is 119 cm³/mol. The zero-order valence-corrected chi connectivity index (χ0v) is 19.7. The first-order chi connectivity index (χ1) is 12.5. The Hall–Kier alpha value is -1.83. The Morgan fingerprint density at radius 2 is 1.15 bits per heavy atom. The fraction of sp³-hybridized carbons (Fsp3) is 0.364. The molecule has 2 aromatic heterocycles. The lowest BCUT2D eigenvalue weighted by molar-refractivity contribution is -0.689. The fourth-order valence-corrected chi connectivity index (χ4v) is 12.3. The zero-order chi connectivity index (χ0) is 20.2. The predicted octanol–water partition coefficient (Wildman–Crippen LogP) is 4.37. The van der Waals surface area contributed by atoms with Crippen LogP contribution in [0.25, 0.3) is 12.2 Å². The highest BCUT2D eigenvalue weighted by Gasteiger charge is 2.40. The summed E-state index contributed by atoms with van der Waals surface area (Å²) >= 11 is 0. The molecule has 0 aromatic carbocycles. The molecule has 2 heterocycles. The Labute approximate surface area is 166 Å². The molecule has 0 fully saturated rings. The van der Waals surface area contributed by atoms with Crippen LogP contribution in [0, 0.1) is 13.8 Å². The molecule has 0 amide bonds. The minimum Gasteiger partial charge on any atom is -0.447 e. The Kier molecular flexibility index (Phi) is 6.73. The largest absolute Gasteiger partial charge is 0.447 e. The van der Waals surface area contributed by atoms with Crippen molar-refractivity contribution >= 4 is 28.8 Å². The Balaban J connectivity index is 2.18. The molecule has 2 aromatic rings. The monoisotopic (exact) mass is 398 g/mol. The number of nitrogens with zero attached hydrogens (tertiary/aromatic N) is 2. The summed E-state index contributed by atoms with van der Waals surface area (Å²) in [5, 5.41) is 0. The van der Waals surface area contributed by atoms with Gasteiger partial charge in [-0.3, -0.25) is 0 Å². The molecular weight excluding hydrogens is 364 g/mol. The molecule has 0 aliphatic heterocycles. The van der Waals surface area contributed by atoms with Gasteiger partial charge in [-0.25, -0.2) is 9.13 Å². The first kappa shape index (κ1) is 21.5. The summed E-state index contributed by atoms with van der Waals surface area (Å²) in [7, 11) is -3.77. The van der Waals surface area contributed by atoms with E-state index in [2.05, 4.69) is 99.0 Å². The number of hydrogen-bond donors (Lipinski definition) is 0. The van der Waals surface area contributed by atoms with Gasteiger partial charge in [0, 0.05) is 37.1 Å². The summed E-state index contributed by atoms with van der Waals surface area (Å²) in [5.74, 6) is 0. The van der Waals surface area contributed by atoms with Crippen LogP contribution in [0.1, 0.15) is 22.5 Å². The quantitative estimate of drug-likeness (QED) is 0.477. The van der Waals surface area contributed by atoms with Crippen LogP contribution in [0.3, 0.4) is 0 Å². The highest BCUT2D eigenvalue weighted by molar-refractivity contribution is 6.83. The fourth-order valence-electron chi connectivity index (χ4n) is 3.49. The van der Waals surface area contributed by atoms with Crippen molar-refractivity contribution in [2.75, 3.05) is 0 Å². The van der Waals surface area contributed by atoms with E-state index in [1.807, 2.05) is 12.2 Å². The van der Waals surface area contributed by atoms with Gasteiger partial charge in [0.05, 0.1) is 0 Å². The first-order valence-corrected chi connectivity index (χ1v) is 15.7. The van der Waals surface area contributed by atoms with Crippen molar-refractivity contribution in [3.8, 4) is 0 Å². The van der Waals surface area contributed by atoms with E-state index in [0.717, 1.165) is 23.5 Å². The van der Waals surface area contributed by atoms with E-state index in [4.69, 9.17) is 4.12 Å². The summed E-state index contributed by atoms with van der Waals surface area (Å²) in [5.41, 5.74) is 4.81. The molecule has 0 saturated carbocycles. The zero-order valence-electron chi connectivity index (χ0n) is 17.7. The molecule has 0 spiro atoms. The summed E-state index contributed by atoms with van der Waals surface area (Å²) in [6.45, 7) is 21.4. The molecule has 0 saturated heterocycles. The SMILES string of the molecule is C=Cc1ccc(C)[n+](C[Si](C)(C)O[Si](C)(C)C[n+]2cc(C=C)ccc2C)c1. The smallest absolute Gasteiger partial charge is 0.248 e. The lowest BCUT2D eigenvalue weighted by Gasteiger charge is -2.30. The third-order valence-corrected chi connectivity index (χ3v) is 11.3. The van der Waals surface area contributed by atoms with Gasteiger partial charge in [-0.05, 0) is 38.3 Å². The minimum atomic E-state index is -1.88. The van der Waals surface area contributed by atoms with E-state index in [0.29, 0.717) is 0 Å². The third-order valence-electron chi connectivity index (χ3n) is 4.68. The van der Waals surface area contributed by atoms with Gasteiger partial charge in [-0.2, -0.15) is 0 Å². The molecule has 0 radical (unpaired) electrons. The van der Waals surface area contributed by atoms with Gasteiger partial charge in [-0.15, -0.1) is 0 Å². The number of aromatic nitrogens is 2. The van der Waals surface area contributed by atoms with Crippen LogP contribution in [0.4, 0.5) is 0 Å². The first-order valence-electron chi connectivity index (χ1n) is 9.50. The van der Waals surface area contributed by atoms with Gasteiger partial charge in [0.25, 0.3) is 0 Å². The third kappa shape index (κ3) is 6.09. The number of rotatable bonds is 8. The van der Waals surface area contributed by atoms with Gasteiger partial charge < -0.3 is 4.12 Å². The van der Waals surface area contributed by atoms with Crippen molar-refractivity contribution in [2.45, 2.75) is 52.4 Å². The average Bonchev–Trinajstić information content (AvgIpc) is 2.57. The number of hydrogen-bond acceptors (Lipinski definition) is 1. The van der Waals surface area contributed by atoms with Crippen LogP contribution in [0.5, 0.6) is 0 Å². The highest BCUT2D eigenvalue weighted by Crippen LogP contribution is 2.16. The lowest BCUT2D eigenvalue weighted by atomic mass is 10.2. The van der Waals surface area contributed by atoms with E-state index < -0.39 is 16.6 Å². The summed E-state index contributed by atoms with van der Waals surface area (Å²) in [4.78, 5) is 0.